The van der Waals surface area contributed by atoms with Gasteiger partial charge in [0.05, 0.1) is 0 Å². The fourth-order valence-corrected chi connectivity index (χ4v) is 2.28. The monoisotopic (exact) mass is 247 g/mol. The predicted octanol–water partition coefficient (Wildman–Crippen LogP) is 3.09. The molecule has 2 aromatic rings. The molecule has 0 amide bonds. The molecule has 0 saturated heterocycles. The van der Waals surface area contributed by atoms with Crippen LogP contribution in [0.5, 0.6) is 0 Å². The molecule has 1 N–H and O–H groups in total. The molecular formula is C13H17N3S. The van der Waals surface area contributed by atoms with Crippen molar-refractivity contribution in [3.63, 3.8) is 0 Å². The van der Waals surface area contributed by atoms with Crippen LogP contribution in [-0.4, -0.2) is 16.0 Å². The molecule has 0 aromatic carbocycles. The van der Waals surface area contributed by atoms with Gasteiger partial charge in [0, 0.05) is 41.6 Å². The highest BCUT2D eigenvalue weighted by Crippen LogP contribution is 2.24. The highest BCUT2D eigenvalue weighted by atomic mass is 32.1. The minimum atomic E-state index is 0.555. The summed E-state index contributed by atoms with van der Waals surface area (Å²) in [6.45, 7) is 5.28. The maximum atomic E-state index is 4.43. The maximum Gasteiger partial charge on any atom is 0.125 e. The molecule has 90 valence electrons. The summed E-state index contributed by atoms with van der Waals surface area (Å²) in [6.07, 6.45) is 6.73. The van der Waals surface area contributed by atoms with E-state index in [1.165, 1.54) is 4.88 Å². The molecule has 0 bridgehead atoms. The van der Waals surface area contributed by atoms with Crippen molar-refractivity contribution in [2.45, 2.75) is 32.9 Å². The molecule has 0 spiro atoms. The van der Waals surface area contributed by atoms with Gasteiger partial charge in [-0.25, -0.2) is 4.98 Å². The largest absolute Gasteiger partial charge is 0.309 e. The third-order valence-corrected chi connectivity index (χ3v) is 3.75. The molecular weight excluding hydrogens is 230 g/mol. The zero-order valence-corrected chi connectivity index (χ0v) is 11.0. The number of hydrogen-bond donors (Lipinski definition) is 1. The van der Waals surface area contributed by atoms with Crippen molar-refractivity contribution in [2.24, 2.45) is 0 Å². The van der Waals surface area contributed by atoms with Crippen LogP contribution in [0, 0.1) is 0 Å². The Morgan fingerprint density at radius 1 is 1.41 bits per heavy atom. The summed E-state index contributed by atoms with van der Waals surface area (Å²) < 4.78 is 0. The standard InChI is InChI=1S/C13H17N3S/c1-3-10(2)15-8-12-9-16-13(17-12)11-5-4-6-14-7-11/h4-7,9-10,15H,3,8H2,1-2H3. The normalized spacial score (nSPS) is 12.6. The first-order valence-corrected chi connectivity index (χ1v) is 6.69. The molecule has 2 heterocycles. The van der Waals surface area contributed by atoms with Gasteiger partial charge in [0.2, 0.25) is 0 Å². The summed E-state index contributed by atoms with van der Waals surface area (Å²) in [5.74, 6) is 0. The summed E-state index contributed by atoms with van der Waals surface area (Å²) in [5.41, 5.74) is 1.09. The minimum absolute atomic E-state index is 0.555. The molecule has 0 aliphatic carbocycles. The number of thiazole rings is 1. The first-order valence-electron chi connectivity index (χ1n) is 5.88. The fourth-order valence-electron chi connectivity index (χ4n) is 1.43. The molecule has 3 nitrogen and oxygen atoms in total. The zero-order chi connectivity index (χ0) is 12.1. The number of nitrogens with one attached hydrogen (secondary N) is 1. The second kappa shape index (κ2) is 5.89. The van der Waals surface area contributed by atoms with Gasteiger partial charge in [-0.2, -0.15) is 0 Å². The molecule has 17 heavy (non-hydrogen) atoms. The van der Waals surface area contributed by atoms with Crippen LogP contribution in [0.2, 0.25) is 0 Å². The van der Waals surface area contributed by atoms with Crippen molar-refractivity contribution in [1.29, 1.82) is 0 Å². The Balaban J connectivity index is 2.01. The van der Waals surface area contributed by atoms with E-state index >= 15 is 0 Å². The van der Waals surface area contributed by atoms with Gasteiger partial charge in [0.15, 0.2) is 0 Å². The molecule has 1 atom stereocenters. The Hall–Kier alpha value is -1.26. The van der Waals surface area contributed by atoms with Gasteiger partial charge in [0.25, 0.3) is 0 Å². The van der Waals surface area contributed by atoms with E-state index in [4.69, 9.17) is 0 Å². The van der Waals surface area contributed by atoms with Crippen LogP contribution >= 0.6 is 11.3 Å². The van der Waals surface area contributed by atoms with Gasteiger partial charge in [0.1, 0.15) is 5.01 Å². The Bertz CT molecular complexity index is 453. The Kier molecular flexibility index (Phi) is 4.23. The summed E-state index contributed by atoms with van der Waals surface area (Å²) in [5, 5.41) is 4.51. The summed E-state index contributed by atoms with van der Waals surface area (Å²) in [6, 6.07) is 4.53. The fraction of sp³-hybridized carbons (Fsp3) is 0.385. The molecule has 4 heteroatoms. The van der Waals surface area contributed by atoms with Crippen molar-refractivity contribution in [1.82, 2.24) is 15.3 Å². The average molecular weight is 247 g/mol. The number of aromatic nitrogens is 2. The lowest BCUT2D eigenvalue weighted by Gasteiger charge is -2.08. The third-order valence-electron chi connectivity index (χ3n) is 2.70. The van der Waals surface area contributed by atoms with E-state index in [0.717, 1.165) is 23.5 Å². The van der Waals surface area contributed by atoms with Gasteiger partial charge in [-0.15, -0.1) is 11.3 Å². The summed E-state index contributed by atoms with van der Waals surface area (Å²) in [4.78, 5) is 9.81. The number of rotatable bonds is 5. The number of pyridine rings is 1. The van der Waals surface area contributed by atoms with Crippen LogP contribution in [-0.2, 0) is 6.54 Å². The molecule has 0 radical (unpaired) electrons. The van der Waals surface area contributed by atoms with Gasteiger partial charge >= 0.3 is 0 Å². The van der Waals surface area contributed by atoms with Gasteiger partial charge in [-0.1, -0.05) is 6.92 Å². The van der Waals surface area contributed by atoms with Crippen molar-refractivity contribution >= 4 is 11.3 Å². The van der Waals surface area contributed by atoms with Crippen molar-refractivity contribution in [2.75, 3.05) is 0 Å². The van der Waals surface area contributed by atoms with Gasteiger partial charge in [-0.05, 0) is 25.5 Å². The molecule has 0 saturated carbocycles. The summed E-state index contributed by atoms with van der Waals surface area (Å²) in [7, 11) is 0. The van der Waals surface area contributed by atoms with E-state index in [0.29, 0.717) is 6.04 Å². The lowest BCUT2D eigenvalue weighted by molar-refractivity contribution is 0.537. The van der Waals surface area contributed by atoms with Crippen LogP contribution in [0.4, 0.5) is 0 Å². The van der Waals surface area contributed by atoms with E-state index < -0.39 is 0 Å². The van der Waals surface area contributed by atoms with Crippen LogP contribution in [0.3, 0.4) is 0 Å². The topological polar surface area (TPSA) is 37.8 Å². The molecule has 2 rings (SSSR count). The second-order valence-electron chi connectivity index (χ2n) is 4.06. The SMILES string of the molecule is CCC(C)NCc1cnc(-c2cccnc2)s1. The lowest BCUT2D eigenvalue weighted by atomic mass is 10.2. The lowest BCUT2D eigenvalue weighted by Crippen LogP contribution is -2.23. The first kappa shape index (κ1) is 12.2. The van der Waals surface area contributed by atoms with E-state index in [-0.39, 0.29) is 0 Å². The molecule has 0 fully saturated rings. The molecule has 0 aliphatic heterocycles. The first-order chi connectivity index (χ1) is 8.29. The van der Waals surface area contributed by atoms with E-state index in [9.17, 15) is 0 Å². The Labute approximate surface area is 106 Å². The highest BCUT2D eigenvalue weighted by molar-refractivity contribution is 7.15. The quantitative estimate of drug-likeness (QED) is 0.882. The zero-order valence-electron chi connectivity index (χ0n) is 10.2. The molecule has 2 aromatic heterocycles. The van der Waals surface area contributed by atoms with E-state index in [1.54, 1.807) is 17.5 Å². The molecule has 1 unspecified atom stereocenters. The van der Waals surface area contributed by atoms with Crippen molar-refractivity contribution in [3.05, 3.63) is 35.6 Å². The summed E-state index contributed by atoms with van der Waals surface area (Å²) >= 11 is 1.72. The molecule has 0 aliphatic rings. The Morgan fingerprint density at radius 3 is 3.00 bits per heavy atom. The van der Waals surface area contributed by atoms with Gasteiger partial charge < -0.3 is 5.32 Å². The van der Waals surface area contributed by atoms with Crippen LogP contribution in [0.1, 0.15) is 25.1 Å². The minimum Gasteiger partial charge on any atom is -0.309 e. The van der Waals surface area contributed by atoms with E-state index in [1.807, 2.05) is 24.5 Å². The highest BCUT2D eigenvalue weighted by Gasteiger charge is 2.05. The average Bonchev–Trinajstić information content (AvgIpc) is 2.86. The number of nitrogens with zero attached hydrogens (tertiary/aromatic N) is 2. The predicted molar refractivity (Wildman–Crippen MR) is 71.9 cm³/mol. The third kappa shape index (κ3) is 3.35. The Morgan fingerprint density at radius 2 is 2.29 bits per heavy atom. The second-order valence-corrected chi connectivity index (χ2v) is 5.18. The van der Waals surface area contributed by atoms with E-state index in [2.05, 4.69) is 29.1 Å². The van der Waals surface area contributed by atoms with Crippen molar-refractivity contribution in [3.8, 4) is 10.6 Å². The smallest absolute Gasteiger partial charge is 0.125 e. The van der Waals surface area contributed by atoms with Crippen molar-refractivity contribution < 1.29 is 0 Å². The van der Waals surface area contributed by atoms with Gasteiger partial charge in [-0.3, -0.25) is 4.98 Å². The number of hydrogen-bond acceptors (Lipinski definition) is 4. The van der Waals surface area contributed by atoms with Crippen LogP contribution in [0.15, 0.2) is 30.7 Å². The van der Waals surface area contributed by atoms with Crippen LogP contribution in [0.25, 0.3) is 10.6 Å². The maximum absolute atomic E-state index is 4.43. The van der Waals surface area contributed by atoms with Crippen LogP contribution < -0.4 is 5.32 Å².